The Bertz CT molecular complexity index is 613. The van der Waals surface area contributed by atoms with E-state index >= 15 is 0 Å². The number of fused-ring (bicyclic) bond motifs is 1. The number of furan rings is 1. The lowest BCUT2D eigenvalue weighted by molar-refractivity contribution is 0.291. The molecule has 0 aliphatic carbocycles. The van der Waals surface area contributed by atoms with Crippen LogP contribution < -0.4 is 4.74 Å². The van der Waals surface area contributed by atoms with E-state index in [-0.39, 0.29) is 10.2 Å². The molecular formula is C16H17BrO2. The normalized spacial score (nSPS) is 17.9. The summed E-state index contributed by atoms with van der Waals surface area (Å²) in [7, 11) is 0. The molecule has 0 N–H and O–H groups in total. The number of rotatable bonds is 2. The molecule has 2 nitrogen and oxygen atoms in total. The lowest BCUT2D eigenvalue weighted by atomic mass is 9.85. The van der Waals surface area contributed by atoms with Crippen molar-refractivity contribution in [2.75, 3.05) is 6.61 Å². The minimum atomic E-state index is 0.0868. The third-order valence-corrected chi connectivity index (χ3v) is 4.81. The van der Waals surface area contributed by atoms with Crippen LogP contribution in [0.5, 0.6) is 5.75 Å². The van der Waals surface area contributed by atoms with Gasteiger partial charge in [-0.1, -0.05) is 35.8 Å². The number of alkyl halides is 1. The fraction of sp³-hybridized carbons (Fsp3) is 0.375. The molecule has 2 aromatic rings. The van der Waals surface area contributed by atoms with Gasteiger partial charge in [-0.2, -0.15) is 0 Å². The molecule has 100 valence electrons. The molecule has 19 heavy (non-hydrogen) atoms. The first kappa shape index (κ1) is 12.8. The second-order valence-electron chi connectivity index (χ2n) is 5.72. The highest BCUT2D eigenvalue weighted by Gasteiger charge is 2.32. The van der Waals surface area contributed by atoms with Crippen LogP contribution in [-0.2, 0) is 5.41 Å². The maximum absolute atomic E-state index is 5.73. The summed E-state index contributed by atoms with van der Waals surface area (Å²) in [6.07, 6.45) is 1.74. The molecule has 0 bridgehead atoms. The maximum Gasteiger partial charge on any atom is 0.123 e. The van der Waals surface area contributed by atoms with Crippen LogP contribution in [0.25, 0.3) is 0 Å². The van der Waals surface area contributed by atoms with E-state index in [0.29, 0.717) is 0 Å². The monoisotopic (exact) mass is 320 g/mol. The first-order chi connectivity index (χ1) is 8.99. The second kappa shape index (κ2) is 4.41. The van der Waals surface area contributed by atoms with Crippen molar-refractivity contribution in [3.8, 4) is 5.75 Å². The van der Waals surface area contributed by atoms with Crippen molar-refractivity contribution in [1.82, 2.24) is 0 Å². The summed E-state index contributed by atoms with van der Waals surface area (Å²) in [6.45, 7) is 7.18. The van der Waals surface area contributed by atoms with Gasteiger partial charge in [0.1, 0.15) is 11.5 Å². The molecule has 1 atom stereocenters. The lowest BCUT2D eigenvalue weighted by Gasteiger charge is -2.17. The van der Waals surface area contributed by atoms with Crippen LogP contribution in [0, 0.1) is 6.92 Å². The first-order valence-corrected chi connectivity index (χ1v) is 7.36. The number of benzene rings is 1. The van der Waals surface area contributed by atoms with Gasteiger partial charge in [0.15, 0.2) is 0 Å². The van der Waals surface area contributed by atoms with E-state index in [1.807, 2.05) is 13.0 Å². The SMILES string of the molecule is Cc1occc1C(Br)c1ccc2c(c1)C(C)(C)CO2. The van der Waals surface area contributed by atoms with Gasteiger partial charge in [-0.05, 0) is 30.7 Å². The zero-order valence-electron chi connectivity index (χ0n) is 11.4. The number of hydrogen-bond donors (Lipinski definition) is 0. The highest BCUT2D eigenvalue weighted by molar-refractivity contribution is 9.09. The Morgan fingerprint density at radius 2 is 2.05 bits per heavy atom. The van der Waals surface area contributed by atoms with Crippen molar-refractivity contribution < 1.29 is 9.15 Å². The van der Waals surface area contributed by atoms with E-state index in [1.54, 1.807) is 6.26 Å². The van der Waals surface area contributed by atoms with Crippen LogP contribution in [0.15, 0.2) is 34.9 Å². The predicted molar refractivity (Wildman–Crippen MR) is 79.2 cm³/mol. The first-order valence-electron chi connectivity index (χ1n) is 6.44. The Kier molecular flexibility index (Phi) is 2.97. The van der Waals surface area contributed by atoms with E-state index in [4.69, 9.17) is 9.15 Å². The van der Waals surface area contributed by atoms with Gasteiger partial charge >= 0.3 is 0 Å². The van der Waals surface area contributed by atoms with Gasteiger partial charge in [-0.3, -0.25) is 0 Å². The molecule has 3 rings (SSSR count). The maximum atomic E-state index is 5.73. The van der Waals surface area contributed by atoms with E-state index in [9.17, 15) is 0 Å². The minimum Gasteiger partial charge on any atom is -0.492 e. The van der Waals surface area contributed by atoms with Crippen molar-refractivity contribution in [2.24, 2.45) is 0 Å². The number of hydrogen-bond acceptors (Lipinski definition) is 2. The predicted octanol–water partition coefficient (Wildman–Crippen LogP) is 4.74. The molecule has 0 fully saturated rings. The molecule has 0 amide bonds. The molecule has 1 unspecified atom stereocenters. The molecular weight excluding hydrogens is 304 g/mol. The zero-order valence-corrected chi connectivity index (χ0v) is 13.0. The Labute approximate surface area is 121 Å². The fourth-order valence-corrected chi connectivity index (χ4v) is 3.29. The minimum absolute atomic E-state index is 0.0868. The molecule has 0 saturated carbocycles. The number of ether oxygens (including phenoxy) is 1. The molecule has 1 aliphatic rings. The van der Waals surface area contributed by atoms with Gasteiger partial charge in [0.25, 0.3) is 0 Å². The van der Waals surface area contributed by atoms with Gasteiger partial charge < -0.3 is 9.15 Å². The highest BCUT2D eigenvalue weighted by atomic mass is 79.9. The van der Waals surface area contributed by atoms with Crippen molar-refractivity contribution >= 4 is 15.9 Å². The van der Waals surface area contributed by atoms with Gasteiger partial charge in [-0.25, -0.2) is 0 Å². The summed E-state index contributed by atoms with van der Waals surface area (Å²) in [6, 6.07) is 8.45. The summed E-state index contributed by atoms with van der Waals surface area (Å²) in [5.74, 6) is 1.97. The molecule has 1 aromatic carbocycles. The third kappa shape index (κ3) is 2.10. The average molecular weight is 321 g/mol. The zero-order chi connectivity index (χ0) is 13.6. The molecule has 3 heteroatoms. The van der Waals surface area contributed by atoms with E-state index in [1.165, 1.54) is 16.7 Å². The van der Waals surface area contributed by atoms with Gasteiger partial charge in [0.05, 0.1) is 17.7 Å². The highest BCUT2D eigenvalue weighted by Crippen LogP contribution is 2.42. The molecule has 0 radical (unpaired) electrons. The van der Waals surface area contributed by atoms with Crippen molar-refractivity contribution in [3.63, 3.8) is 0 Å². The van der Waals surface area contributed by atoms with Crippen molar-refractivity contribution in [2.45, 2.75) is 31.0 Å². The topological polar surface area (TPSA) is 22.4 Å². The molecule has 2 heterocycles. The van der Waals surface area contributed by atoms with Gasteiger partial charge in [-0.15, -0.1) is 0 Å². The average Bonchev–Trinajstić information content (AvgIpc) is 2.93. The van der Waals surface area contributed by atoms with E-state index < -0.39 is 0 Å². The Balaban J connectivity index is 2.02. The summed E-state index contributed by atoms with van der Waals surface area (Å²) >= 11 is 3.77. The smallest absolute Gasteiger partial charge is 0.123 e. The third-order valence-electron chi connectivity index (χ3n) is 3.79. The Morgan fingerprint density at radius 3 is 2.74 bits per heavy atom. The van der Waals surface area contributed by atoms with Gasteiger partial charge in [0, 0.05) is 16.5 Å². The quantitative estimate of drug-likeness (QED) is 0.745. The fourth-order valence-electron chi connectivity index (χ4n) is 2.53. The van der Waals surface area contributed by atoms with Crippen molar-refractivity contribution in [1.29, 1.82) is 0 Å². The van der Waals surface area contributed by atoms with Crippen LogP contribution >= 0.6 is 15.9 Å². The van der Waals surface area contributed by atoms with Crippen LogP contribution in [0.4, 0.5) is 0 Å². The Morgan fingerprint density at radius 1 is 1.26 bits per heavy atom. The van der Waals surface area contributed by atoms with Gasteiger partial charge in [0.2, 0.25) is 0 Å². The summed E-state index contributed by atoms with van der Waals surface area (Å²) in [5, 5.41) is 0. The van der Waals surface area contributed by atoms with Crippen LogP contribution in [0.1, 0.15) is 41.1 Å². The van der Waals surface area contributed by atoms with Crippen LogP contribution in [0.2, 0.25) is 0 Å². The number of aryl methyl sites for hydroxylation is 1. The molecule has 1 aromatic heterocycles. The van der Waals surface area contributed by atoms with Crippen LogP contribution in [-0.4, -0.2) is 6.61 Å². The summed E-state index contributed by atoms with van der Waals surface area (Å²) < 4.78 is 11.1. The molecule has 1 aliphatic heterocycles. The van der Waals surface area contributed by atoms with Crippen molar-refractivity contribution in [3.05, 3.63) is 53.0 Å². The van der Waals surface area contributed by atoms with E-state index in [0.717, 1.165) is 18.1 Å². The summed E-state index contributed by atoms with van der Waals surface area (Å²) in [4.78, 5) is 0.160. The Hall–Kier alpha value is -1.22. The standard InChI is InChI=1S/C16H17BrO2/c1-10-12(6-7-18-10)15(17)11-4-5-14-13(8-11)16(2,3)9-19-14/h4-8,15H,9H2,1-3H3. The lowest BCUT2D eigenvalue weighted by Crippen LogP contribution is -2.18. The van der Waals surface area contributed by atoms with Crippen LogP contribution in [0.3, 0.4) is 0 Å². The molecule has 0 spiro atoms. The van der Waals surface area contributed by atoms with E-state index in [2.05, 4.69) is 48.0 Å². The second-order valence-corrected chi connectivity index (χ2v) is 6.64. The largest absolute Gasteiger partial charge is 0.492 e. The number of halogens is 1. The molecule has 0 saturated heterocycles. The summed E-state index contributed by atoms with van der Waals surface area (Å²) in [5.41, 5.74) is 3.79.